The van der Waals surface area contributed by atoms with Gasteiger partial charge in [0.25, 0.3) is 0 Å². The molecule has 0 bridgehead atoms. The molecule has 0 amide bonds. The van der Waals surface area contributed by atoms with Crippen LogP contribution in [-0.4, -0.2) is 9.55 Å². The van der Waals surface area contributed by atoms with Gasteiger partial charge in [0.15, 0.2) is 0 Å². The standard InChI is InChI=1S/C12H12Cl2N2/c1-2-12-15-5-6-16(12)11-7-10(14)4-3-9(11)8-13/h3-7H,2,8H2,1H3. The summed E-state index contributed by atoms with van der Waals surface area (Å²) >= 11 is 11.9. The van der Waals surface area contributed by atoms with Crippen molar-refractivity contribution in [2.75, 3.05) is 0 Å². The highest BCUT2D eigenvalue weighted by Crippen LogP contribution is 2.22. The number of hydrogen-bond acceptors (Lipinski definition) is 1. The molecule has 1 heterocycles. The van der Waals surface area contributed by atoms with E-state index in [0.717, 1.165) is 23.5 Å². The van der Waals surface area contributed by atoms with Gasteiger partial charge in [0.2, 0.25) is 0 Å². The predicted octanol–water partition coefficient (Wildman–Crippen LogP) is 3.83. The van der Waals surface area contributed by atoms with E-state index in [2.05, 4.69) is 11.9 Å². The molecule has 84 valence electrons. The van der Waals surface area contributed by atoms with Crippen LogP contribution in [0.4, 0.5) is 0 Å². The van der Waals surface area contributed by atoms with Crippen LogP contribution < -0.4 is 0 Å². The minimum Gasteiger partial charge on any atom is -0.303 e. The van der Waals surface area contributed by atoms with Crippen molar-refractivity contribution in [3.63, 3.8) is 0 Å². The van der Waals surface area contributed by atoms with Gasteiger partial charge in [-0.3, -0.25) is 0 Å². The fraction of sp³-hybridized carbons (Fsp3) is 0.250. The van der Waals surface area contributed by atoms with Crippen molar-refractivity contribution in [2.24, 2.45) is 0 Å². The molecular weight excluding hydrogens is 243 g/mol. The molecule has 0 atom stereocenters. The quantitative estimate of drug-likeness (QED) is 0.762. The van der Waals surface area contributed by atoms with Crippen LogP contribution in [0.3, 0.4) is 0 Å². The van der Waals surface area contributed by atoms with Gasteiger partial charge in [0.05, 0.1) is 5.69 Å². The van der Waals surface area contributed by atoms with Crippen LogP contribution in [0.25, 0.3) is 5.69 Å². The largest absolute Gasteiger partial charge is 0.303 e. The average molecular weight is 255 g/mol. The second kappa shape index (κ2) is 4.89. The van der Waals surface area contributed by atoms with Crippen molar-refractivity contribution < 1.29 is 0 Å². The van der Waals surface area contributed by atoms with Crippen LogP contribution in [-0.2, 0) is 12.3 Å². The summed E-state index contributed by atoms with van der Waals surface area (Å²) in [4.78, 5) is 4.29. The van der Waals surface area contributed by atoms with Crippen LogP contribution in [0.5, 0.6) is 0 Å². The SMILES string of the molecule is CCc1nccn1-c1cc(Cl)ccc1CCl. The Balaban J connectivity index is 2.58. The Kier molecular flexibility index (Phi) is 3.52. The van der Waals surface area contributed by atoms with Crippen LogP contribution >= 0.6 is 23.2 Å². The molecule has 1 aromatic heterocycles. The van der Waals surface area contributed by atoms with Crippen molar-refractivity contribution >= 4 is 23.2 Å². The van der Waals surface area contributed by atoms with E-state index < -0.39 is 0 Å². The average Bonchev–Trinajstić information content (AvgIpc) is 2.76. The molecule has 16 heavy (non-hydrogen) atoms. The first-order valence-electron chi connectivity index (χ1n) is 5.13. The zero-order valence-corrected chi connectivity index (χ0v) is 10.5. The Labute approximate surface area is 105 Å². The molecule has 0 radical (unpaired) electrons. The van der Waals surface area contributed by atoms with E-state index in [-0.39, 0.29) is 0 Å². The van der Waals surface area contributed by atoms with Gasteiger partial charge in [0, 0.05) is 29.7 Å². The van der Waals surface area contributed by atoms with E-state index in [0.29, 0.717) is 10.9 Å². The van der Waals surface area contributed by atoms with Gasteiger partial charge >= 0.3 is 0 Å². The third-order valence-corrected chi connectivity index (χ3v) is 3.01. The van der Waals surface area contributed by atoms with Crippen molar-refractivity contribution in [1.29, 1.82) is 0 Å². The first-order valence-corrected chi connectivity index (χ1v) is 6.04. The molecule has 0 unspecified atom stereocenters. The van der Waals surface area contributed by atoms with Crippen molar-refractivity contribution in [3.8, 4) is 5.69 Å². The molecule has 0 saturated heterocycles. The summed E-state index contributed by atoms with van der Waals surface area (Å²) in [5.41, 5.74) is 2.07. The summed E-state index contributed by atoms with van der Waals surface area (Å²) in [5, 5.41) is 0.708. The molecule has 2 nitrogen and oxygen atoms in total. The molecule has 2 aromatic rings. The second-order valence-electron chi connectivity index (χ2n) is 3.47. The highest BCUT2D eigenvalue weighted by molar-refractivity contribution is 6.30. The lowest BCUT2D eigenvalue weighted by molar-refractivity contribution is 0.885. The molecule has 0 saturated carbocycles. The molecule has 4 heteroatoms. The van der Waals surface area contributed by atoms with Gasteiger partial charge in [-0.2, -0.15) is 0 Å². The number of nitrogens with zero attached hydrogens (tertiary/aromatic N) is 2. The molecule has 0 aliphatic carbocycles. The maximum absolute atomic E-state index is 6.01. The number of halogens is 2. The first kappa shape index (κ1) is 11.5. The number of hydrogen-bond donors (Lipinski definition) is 0. The Bertz CT molecular complexity index is 492. The second-order valence-corrected chi connectivity index (χ2v) is 4.18. The van der Waals surface area contributed by atoms with E-state index in [4.69, 9.17) is 23.2 Å². The highest BCUT2D eigenvalue weighted by atomic mass is 35.5. The molecule has 0 aliphatic rings. The first-order chi connectivity index (χ1) is 7.76. The molecular formula is C12H12Cl2N2. The normalized spacial score (nSPS) is 10.7. The number of benzene rings is 1. The van der Waals surface area contributed by atoms with Crippen molar-refractivity contribution in [3.05, 3.63) is 47.0 Å². The van der Waals surface area contributed by atoms with Crippen LogP contribution in [0, 0.1) is 0 Å². The van der Waals surface area contributed by atoms with Gasteiger partial charge in [0.1, 0.15) is 5.82 Å². The summed E-state index contributed by atoms with van der Waals surface area (Å²) in [6.45, 7) is 2.07. The Morgan fingerprint density at radius 2 is 2.19 bits per heavy atom. The number of rotatable bonds is 3. The summed E-state index contributed by atoms with van der Waals surface area (Å²) in [7, 11) is 0. The van der Waals surface area contributed by atoms with E-state index in [9.17, 15) is 0 Å². The van der Waals surface area contributed by atoms with Gasteiger partial charge < -0.3 is 4.57 Å². The zero-order valence-electron chi connectivity index (χ0n) is 8.95. The molecule has 2 rings (SSSR count). The number of alkyl halides is 1. The summed E-state index contributed by atoms with van der Waals surface area (Å²) in [5.74, 6) is 1.47. The van der Waals surface area contributed by atoms with E-state index in [1.807, 2.05) is 29.0 Å². The number of imidazole rings is 1. The number of aromatic nitrogens is 2. The van der Waals surface area contributed by atoms with Gasteiger partial charge in [-0.15, -0.1) is 11.6 Å². The van der Waals surface area contributed by atoms with Crippen LogP contribution in [0.2, 0.25) is 5.02 Å². The minimum atomic E-state index is 0.466. The Morgan fingerprint density at radius 3 is 2.88 bits per heavy atom. The monoisotopic (exact) mass is 254 g/mol. The van der Waals surface area contributed by atoms with E-state index in [1.165, 1.54) is 0 Å². The predicted molar refractivity (Wildman–Crippen MR) is 67.5 cm³/mol. The topological polar surface area (TPSA) is 17.8 Å². The third-order valence-electron chi connectivity index (χ3n) is 2.48. The fourth-order valence-corrected chi connectivity index (χ4v) is 2.08. The third kappa shape index (κ3) is 2.08. The van der Waals surface area contributed by atoms with Crippen LogP contribution in [0.15, 0.2) is 30.6 Å². The lowest BCUT2D eigenvalue weighted by atomic mass is 10.2. The molecule has 0 spiro atoms. The Hall–Kier alpha value is -0.990. The lowest BCUT2D eigenvalue weighted by Crippen LogP contribution is -2.02. The smallest absolute Gasteiger partial charge is 0.112 e. The van der Waals surface area contributed by atoms with Crippen molar-refractivity contribution in [2.45, 2.75) is 19.2 Å². The summed E-state index contributed by atoms with van der Waals surface area (Å²) in [6, 6.07) is 5.72. The highest BCUT2D eigenvalue weighted by Gasteiger charge is 2.08. The van der Waals surface area contributed by atoms with E-state index >= 15 is 0 Å². The lowest BCUT2D eigenvalue weighted by Gasteiger charge is -2.11. The van der Waals surface area contributed by atoms with E-state index in [1.54, 1.807) is 6.20 Å². The fourth-order valence-electron chi connectivity index (χ4n) is 1.69. The minimum absolute atomic E-state index is 0.466. The Morgan fingerprint density at radius 1 is 1.38 bits per heavy atom. The summed E-state index contributed by atoms with van der Waals surface area (Å²) < 4.78 is 2.03. The zero-order chi connectivity index (χ0) is 11.5. The molecule has 0 aliphatic heterocycles. The van der Waals surface area contributed by atoms with Crippen LogP contribution in [0.1, 0.15) is 18.3 Å². The maximum atomic E-state index is 6.01. The van der Waals surface area contributed by atoms with Gasteiger partial charge in [-0.05, 0) is 17.7 Å². The van der Waals surface area contributed by atoms with Gasteiger partial charge in [-0.1, -0.05) is 24.6 Å². The number of aryl methyl sites for hydroxylation is 1. The summed E-state index contributed by atoms with van der Waals surface area (Å²) in [6.07, 6.45) is 4.60. The molecule has 0 fully saturated rings. The molecule has 0 N–H and O–H groups in total. The van der Waals surface area contributed by atoms with Crippen molar-refractivity contribution in [1.82, 2.24) is 9.55 Å². The maximum Gasteiger partial charge on any atom is 0.112 e. The van der Waals surface area contributed by atoms with Gasteiger partial charge in [-0.25, -0.2) is 4.98 Å². The molecule has 1 aromatic carbocycles.